The van der Waals surface area contributed by atoms with E-state index in [0.29, 0.717) is 17.8 Å². The Bertz CT molecular complexity index is 1180. The lowest BCUT2D eigenvalue weighted by molar-refractivity contribution is -0.127. The number of rotatable bonds is 4. The van der Waals surface area contributed by atoms with Crippen LogP contribution in [-0.2, 0) is 17.8 Å². The number of benzene rings is 1. The van der Waals surface area contributed by atoms with Crippen LogP contribution in [0.1, 0.15) is 74.2 Å². The summed E-state index contributed by atoms with van der Waals surface area (Å²) in [7, 11) is 0. The highest BCUT2D eigenvalue weighted by atomic mass is 16.3. The number of carbonyl (C=O) groups is 2. The Labute approximate surface area is 194 Å². The molecule has 0 saturated heterocycles. The Balaban J connectivity index is 1.57. The molecule has 1 atom stereocenters. The Morgan fingerprint density at radius 1 is 1.12 bits per heavy atom. The lowest BCUT2D eigenvalue weighted by Gasteiger charge is -2.44. The number of hydrogen-bond acceptors (Lipinski definition) is 3. The number of hydrogen-bond donors (Lipinski definition) is 1. The minimum atomic E-state index is -1.05. The van der Waals surface area contributed by atoms with E-state index in [-0.39, 0.29) is 17.9 Å². The van der Waals surface area contributed by atoms with Gasteiger partial charge in [0.2, 0.25) is 5.91 Å². The van der Waals surface area contributed by atoms with Crippen molar-refractivity contribution in [1.29, 1.82) is 0 Å². The Morgan fingerprint density at radius 3 is 2.48 bits per heavy atom. The fourth-order valence-electron chi connectivity index (χ4n) is 5.45. The van der Waals surface area contributed by atoms with Crippen LogP contribution in [0.4, 0.5) is 5.69 Å². The van der Waals surface area contributed by atoms with Gasteiger partial charge >= 0.3 is 0 Å². The van der Waals surface area contributed by atoms with Gasteiger partial charge in [-0.3, -0.25) is 14.5 Å². The molecule has 2 aromatic heterocycles. The summed E-state index contributed by atoms with van der Waals surface area (Å²) in [4.78, 5) is 29.5. The average Bonchev–Trinajstić information content (AvgIpc) is 3.19. The zero-order chi connectivity index (χ0) is 23.2. The second-order valence-corrected chi connectivity index (χ2v) is 9.82. The van der Waals surface area contributed by atoms with Crippen molar-refractivity contribution in [1.82, 2.24) is 9.88 Å². The van der Waals surface area contributed by atoms with E-state index >= 15 is 0 Å². The maximum Gasteiger partial charge on any atom is 0.276 e. The minimum absolute atomic E-state index is 0.0879. The molecular weight excluding hydrogens is 414 g/mol. The summed E-state index contributed by atoms with van der Waals surface area (Å²) in [6.07, 6.45) is 7.65. The first-order valence-electron chi connectivity index (χ1n) is 12.2. The topological polar surface area (TPSA) is 67.5 Å². The van der Waals surface area contributed by atoms with Crippen molar-refractivity contribution in [3.05, 3.63) is 53.4 Å². The molecule has 174 valence electrons. The summed E-state index contributed by atoms with van der Waals surface area (Å²) in [5.41, 5.74) is 3.00. The first-order chi connectivity index (χ1) is 15.9. The standard InChI is InChI=1S/C27H33N3O3/c1-4-19-11-13-21(14-12-19)30-25(31)23-16-24-22(15-18(2)33-24)29(23)17-27(30,3)26(32)28-20-9-7-5-6-8-10-20/h11-16,20H,4-10,17H2,1-3H3,(H,28,32). The number of carbonyl (C=O) groups excluding carboxylic acids is 2. The molecular formula is C27H33N3O3. The number of nitrogens with zero attached hydrogens (tertiary/aromatic N) is 2. The molecule has 3 aromatic rings. The molecule has 33 heavy (non-hydrogen) atoms. The molecule has 1 N–H and O–H groups in total. The van der Waals surface area contributed by atoms with Crippen LogP contribution in [0.3, 0.4) is 0 Å². The van der Waals surface area contributed by atoms with Crippen LogP contribution in [0.25, 0.3) is 11.1 Å². The van der Waals surface area contributed by atoms with E-state index in [1.54, 1.807) is 11.0 Å². The normalized spacial score (nSPS) is 21.8. The van der Waals surface area contributed by atoms with Gasteiger partial charge in [0.25, 0.3) is 5.91 Å². The zero-order valence-corrected chi connectivity index (χ0v) is 19.8. The molecule has 3 heterocycles. The van der Waals surface area contributed by atoms with Crippen LogP contribution in [0, 0.1) is 6.92 Å². The first-order valence-corrected chi connectivity index (χ1v) is 12.2. The molecule has 1 saturated carbocycles. The molecule has 0 radical (unpaired) electrons. The third-order valence-electron chi connectivity index (χ3n) is 7.38. The second-order valence-electron chi connectivity index (χ2n) is 9.82. The van der Waals surface area contributed by atoms with E-state index in [9.17, 15) is 9.59 Å². The number of aryl methyl sites for hydroxylation is 2. The fourth-order valence-corrected chi connectivity index (χ4v) is 5.45. The van der Waals surface area contributed by atoms with Gasteiger partial charge in [-0.15, -0.1) is 0 Å². The molecule has 1 aromatic carbocycles. The molecule has 2 aliphatic rings. The number of fused-ring (bicyclic) bond motifs is 3. The van der Waals surface area contributed by atoms with Crippen molar-refractivity contribution in [2.24, 2.45) is 0 Å². The molecule has 5 rings (SSSR count). The molecule has 2 amide bonds. The highest BCUT2D eigenvalue weighted by Crippen LogP contribution is 2.37. The molecule has 1 aliphatic carbocycles. The Hall–Kier alpha value is -3.02. The molecule has 0 spiro atoms. The predicted molar refractivity (Wildman–Crippen MR) is 130 cm³/mol. The molecule has 0 bridgehead atoms. The van der Waals surface area contributed by atoms with Gasteiger partial charge in [-0.05, 0) is 50.8 Å². The first kappa shape index (κ1) is 21.8. The van der Waals surface area contributed by atoms with E-state index in [0.717, 1.165) is 49.1 Å². The van der Waals surface area contributed by atoms with Gasteiger partial charge in [0.1, 0.15) is 17.0 Å². The van der Waals surface area contributed by atoms with Crippen molar-refractivity contribution in [2.45, 2.75) is 83.8 Å². The van der Waals surface area contributed by atoms with Crippen LogP contribution in [0.2, 0.25) is 0 Å². The van der Waals surface area contributed by atoms with E-state index < -0.39 is 5.54 Å². The van der Waals surface area contributed by atoms with Gasteiger partial charge in [-0.1, -0.05) is 44.7 Å². The smallest absolute Gasteiger partial charge is 0.276 e. The summed E-state index contributed by atoms with van der Waals surface area (Å²) in [6.45, 7) is 6.28. The number of anilines is 1. The van der Waals surface area contributed by atoms with Crippen molar-refractivity contribution < 1.29 is 14.0 Å². The summed E-state index contributed by atoms with van der Waals surface area (Å²) in [5.74, 6) is 0.535. The van der Waals surface area contributed by atoms with Crippen molar-refractivity contribution in [3.63, 3.8) is 0 Å². The highest BCUT2D eigenvalue weighted by molar-refractivity contribution is 6.13. The van der Waals surface area contributed by atoms with Crippen molar-refractivity contribution in [3.8, 4) is 0 Å². The molecule has 6 nitrogen and oxygen atoms in total. The lowest BCUT2D eigenvalue weighted by Crippen LogP contribution is -2.65. The van der Waals surface area contributed by atoms with E-state index in [1.807, 2.05) is 48.7 Å². The third kappa shape index (κ3) is 3.75. The van der Waals surface area contributed by atoms with Crippen molar-refractivity contribution >= 4 is 28.6 Å². The van der Waals surface area contributed by atoms with Crippen molar-refractivity contribution in [2.75, 3.05) is 4.90 Å². The maximum atomic E-state index is 13.9. The zero-order valence-electron chi connectivity index (χ0n) is 19.8. The SMILES string of the molecule is CCc1ccc(N2C(=O)c3cc4oc(C)cc4n3CC2(C)C(=O)NC2CCCCCC2)cc1. The van der Waals surface area contributed by atoms with Gasteiger partial charge in [0.15, 0.2) is 5.58 Å². The molecule has 1 aliphatic heterocycles. The summed E-state index contributed by atoms with van der Waals surface area (Å²) >= 11 is 0. The molecule has 1 fully saturated rings. The molecule has 1 unspecified atom stereocenters. The quantitative estimate of drug-likeness (QED) is 0.547. The maximum absolute atomic E-state index is 13.9. The third-order valence-corrected chi connectivity index (χ3v) is 7.38. The fraction of sp³-hybridized carbons (Fsp3) is 0.481. The van der Waals surface area contributed by atoms with Crippen LogP contribution in [0.15, 0.2) is 40.8 Å². The Morgan fingerprint density at radius 2 is 1.82 bits per heavy atom. The van der Waals surface area contributed by atoms with Gasteiger partial charge in [0, 0.05) is 23.9 Å². The summed E-state index contributed by atoms with van der Waals surface area (Å²) < 4.78 is 7.77. The second kappa shape index (κ2) is 8.40. The predicted octanol–water partition coefficient (Wildman–Crippen LogP) is 5.36. The molecule has 6 heteroatoms. The minimum Gasteiger partial charge on any atom is -0.460 e. The lowest BCUT2D eigenvalue weighted by atomic mass is 9.92. The van der Waals surface area contributed by atoms with E-state index in [1.165, 1.54) is 18.4 Å². The van der Waals surface area contributed by atoms with Crippen LogP contribution >= 0.6 is 0 Å². The largest absolute Gasteiger partial charge is 0.460 e. The van der Waals surface area contributed by atoms with Crippen LogP contribution in [-0.4, -0.2) is 28.0 Å². The number of amides is 2. The summed E-state index contributed by atoms with van der Waals surface area (Å²) in [5, 5.41) is 3.32. The van der Waals surface area contributed by atoms with Gasteiger partial charge in [-0.25, -0.2) is 0 Å². The van der Waals surface area contributed by atoms with E-state index in [4.69, 9.17) is 4.42 Å². The Kier molecular flexibility index (Phi) is 5.55. The van der Waals surface area contributed by atoms with Crippen LogP contribution in [0.5, 0.6) is 0 Å². The number of nitrogens with one attached hydrogen (secondary N) is 1. The van der Waals surface area contributed by atoms with Crippen LogP contribution < -0.4 is 10.2 Å². The van der Waals surface area contributed by atoms with Gasteiger partial charge < -0.3 is 14.3 Å². The monoisotopic (exact) mass is 447 g/mol. The average molecular weight is 448 g/mol. The van der Waals surface area contributed by atoms with Gasteiger partial charge in [-0.2, -0.15) is 0 Å². The van der Waals surface area contributed by atoms with E-state index in [2.05, 4.69) is 12.2 Å². The number of aromatic nitrogens is 1. The number of furan rings is 1. The van der Waals surface area contributed by atoms with Gasteiger partial charge in [0.05, 0.1) is 12.1 Å². The highest BCUT2D eigenvalue weighted by Gasteiger charge is 2.49. The summed E-state index contributed by atoms with van der Waals surface area (Å²) in [6, 6.07) is 11.9.